The zero-order chi connectivity index (χ0) is 23.5. The van der Waals surface area contributed by atoms with Gasteiger partial charge in [-0.15, -0.1) is 0 Å². The Labute approximate surface area is 193 Å². The number of carbonyl (C=O) groups is 2. The number of hydrogen-bond acceptors (Lipinski definition) is 4. The molecule has 1 heterocycles. The maximum Gasteiger partial charge on any atom is 0.265 e. The van der Waals surface area contributed by atoms with Crippen molar-refractivity contribution in [3.8, 4) is 5.75 Å². The van der Waals surface area contributed by atoms with E-state index in [1.807, 2.05) is 49.4 Å². The van der Waals surface area contributed by atoms with Crippen molar-refractivity contribution in [3.05, 3.63) is 95.2 Å². The van der Waals surface area contributed by atoms with Crippen molar-refractivity contribution in [1.82, 2.24) is 0 Å². The molecule has 5 heteroatoms. The summed E-state index contributed by atoms with van der Waals surface area (Å²) in [4.78, 5) is 26.3. The molecule has 0 aliphatic rings. The molecule has 168 valence electrons. The Bertz CT molecular complexity index is 1300. The fourth-order valence-electron chi connectivity index (χ4n) is 3.74. The lowest BCUT2D eigenvalue weighted by Crippen LogP contribution is -2.31. The van der Waals surface area contributed by atoms with Crippen LogP contribution in [0.4, 0.5) is 5.69 Å². The molecular formula is C28H27NO4. The second kappa shape index (κ2) is 9.33. The van der Waals surface area contributed by atoms with Crippen molar-refractivity contribution < 1.29 is 18.7 Å². The van der Waals surface area contributed by atoms with E-state index in [0.717, 1.165) is 11.1 Å². The van der Waals surface area contributed by atoms with Crippen LogP contribution in [0.25, 0.3) is 11.0 Å². The third-order valence-electron chi connectivity index (χ3n) is 5.55. The zero-order valence-electron chi connectivity index (χ0n) is 19.2. The number of aryl methyl sites for hydroxylation is 1. The Morgan fingerprint density at radius 1 is 0.909 bits per heavy atom. The first kappa shape index (κ1) is 22.3. The number of carbonyl (C=O) groups excluding carboxylic acids is 2. The van der Waals surface area contributed by atoms with Crippen LogP contribution in [0.2, 0.25) is 0 Å². The highest BCUT2D eigenvalue weighted by Crippen LogP contribution is 2.33. The number of ether oxygens (including phenoxy) is 1. The number of furan rings is 1. The summed E-state index contributed by atoms with van der Waals surface area (Å²) < 4.78 is 11.9. The van der Waals surface area contributed by atoms with E-state index in [-0.39, 0.29) is 23.4 Å². The summed E-state index contributed by atoms with van der Waals surface area (Å²) in [5, 5.41) is 3.55. The molecule has 3 aromatic carbocycles. The van der Waals surface area contributed by atoms with Crippen molar-refractivity contribution in [3.63, 3.8) is 0 Å². The largest absolute Gasteiger partial charge is 0.481 e. The van der Waals surface area contributed by atoms with Gasteiger partial charge in [0.2, 0.25) is 5.78 Å². The van der Waals surface area contributed by atoms with Crippen LogP contribution in [0.1, 0.15) is 53.9 Å². The molecular weight excluding hydrogens is 414 g/mol. The van der Waals surface area contributed by atoms with Crippen LogP contribution >= 0.6 is 0 Å². The van der Waals surface area contributed by atoms with Gasteiger partial charge in [0.1, 0.15) is 11.3 Å². The highest BCUT2D eigenvalue weighted by Gasteiger charge is 2.26. The van der Waals surface area contributed by atoms with Crippen molar-refractivity contribution in [2.45, 2.75) is 39.7 Å². The average molecular weight is 442 g/mol. The lowest BCUT2D eigenvalue weighted by Gasteiger charge is -2.19. The number of ketones is 1. The molecule has 33 heavy (non-hydrogen) atoms. The second-order valence-corrected chi connectivity index (χ2v) is 8.44. The minimum absolute atomic E-state index is 0.0985. The average Bonchev–Trinajstić information content (AvgIpc) is 3.17. The number of amides is 1. The van der Waals surface area contributed by atoms with E-state index < -0.39 is 6.10 Å². The summed E-state index contributed by atoms with van der Waals surface area (Å²) in [5.74, 6) is 0.381. The van der Waals surface area contributed by atoms with Gasteiger partial charge in [0.05, 0.1) is 5.69 Å². The van der Waals surface area contributed by atoms with Crippen LogP contribution in [0.3, 0.4) is 0 Å². The van der Waals surface area contributed by atoms with E-state index in [0.29, 0.717) is 28.0 Å². The maximum atomic E-state index is 13.2. The van der Waals surface area contributed by atoms with E-state index in [9.17, 15) is 9.59 Å². The third-order valence-corrected chi connectivity index (χ3v) is 5.55. The molecule has 1 aromatic heterocycles. The zero-order valence-corrected chi connectivity index (χ0v) is 19.2. The number of hydrogen-bond donors (Lipinski definition) is 1. The molecule has 4 rings (SSSR count). The predicted molar refractivity (Wildman–Crippen MR) is 130 cm³/mol. The molecule has 0 aliphatic heterocycles. The molecule has 0 spiro atoms. The van der Waals surface area contributed by atoms with Gasteiger partial charge in [-0.25, -0.2) is 0 Å². The van der Waals surface area contributed by atoms with E-state index in [1.54, 1.807) is 37.3 Å². The maximum absolute atomic E-state index is 13.2. The van der Waals surface area contributed by atoms with Gasteiger partial charge in [-0.2, -0.15) is 0 Å². The summed E-state index contributed by atoms with van der Waals surface area (Å²) in [6.07, 6.45) is -0.780. The van der Waals surface area contributed by atoms with Crippen molar-refractivity contribution in [2.75, 3.05) is 5.32 Å². The highest BCUT2D eigenvalue weighted by molar-refractivity contribution is 6.17. The third kappa shape index (κ3) is 4.67. The fraction of sp³-hybridized carbons (Fsp3) is 0.214. The quantitative estimate of drug-likeness (QED) is 0.332. The first-order valence-corrected chi connectivity index (χ1v) is 11.0. The van der Waals surface area contributed by atoms with Crippen LogP contribution in [0.5, 0.6) is 5.75 Å². The topological polar surface area (TPSA) is 68.5 Å². The minimum Gasteiger partial charge on any atom is -0.481 e. The highest BCUT2D eigenvalue weighted by atomic mass is 16.5. The van der Waals surface area contributed by atoms with Crippen LogP contribution in [0, 0.1) is 6.92 Å². The van der Waals surface area contributed by atoms with Gasteiger partial charge >= 0.3 is 0 Å². The Balaban J connectivity index is 1.64. The Kier molecular flexibility index (Phi) is 6.31. The first-order valence-electron chi connectivity index (χ1n) is 11.0. The Morgan fingerprint density at radius 3 is 2.33 bits per heavy atom. The van der Waals surface area contributed by atoms with E-state index in [1.165, 1.54) is 0 Å². The number of para-hydroxylation sites is 1. The summed E-state index contributed by atoms with van der Waals surface area (Å²) in [7, 11) is 0. The number of rotatable bonds is 7. The van der Waals surface area contributed by atoms with Crippen LogP contribution in [-0.2, 0) is 4.79 Å². The van der Waals surface area contributed by atoms with Crippen LogP contribution < -0.4 is 10.1 Å². The smallest absolute Gasteiger partial charge is 0.265 e. The van der Waals surface area contributed by atoms with Gasteiger partial charge in [0.15, 0.2) is 11.9 Å². The molecule has 0 fully saturated rings. The van der Waals surface area contributed by atoms with Crippen molar-refractivity contribution in [1.29, 1.82) is 0 Å². The normalized spacial score (nSPS) is 12.0. The molecule has 0 bridgehead atoms. The molecule has 1 unspecified atom stereocenters. The summed E-state index contributed by atoms with van der Waals surface area (Å²) in [6.45, 7) is 7.85. The molecule has 1 atom stereocenters. The van der Waals surface area contributed by atoms with Gasteiger partial charge in [0.25, 0.3) is 5.91 Å². The van der Waals surface area contributed by atoms with Gasteiger partial charge in [-0.1, -0.05) is 68.4 Å². The molecule has 0 aliphatic carbocycles. The molecule has 0 radical (unpaired) electrons. The summed E-state index contributed by atoms with van der Waals surface area (Å²) in [6, 6.07) is 22.1. The molecule has 1 N–H and O–H groups in total. The van der Waals surface area contributed by atoms with Crippen molar-refractivity contribution >= 4 is 28.3 Å². The summed E-state index contributed by atoms with van der Waals surface area (Å²) in [5.41, 5.74) is 3.46. The Morgan fingerprint density at radius 2 is 1.61 bits per heavy atom. The molecule has 1 amide bonds. The van der Waals surface area contributed by atoms with E-state index in [4.69, 9.17) is 9.15 Å². The first-order chi connectivity index (χ1) is 15.8. The monoisotopic (exact) mass is 441 g/mol. The fourth-order valence-corrected chi connectivity index (χ4v) is 3.74. The van der Waals surface area contributed by atoms with Crippen LogP contribution in [0.15, 0.2) is 77.2 Å². The van der Waals surface area contributed by atoms with Crippen LogP contribution in [-0.4, -0.2) is 17.8 Å². The van der Waals surface area contributed by atoms with E-state index >= 15 is 0 Å². The van der Waals surface area contributed by atoms with Gasteiger partial charge in [-0.05, 0) is 49.1 Å². The molecule has 0 saturated carbocycles. The predicted octanol–water partition coefficient (Wildman–Crippen LogP) is 6.50. The second-order valence-electron chi connectivity index (χ2n) is 8.44. The SMILES string of the molecule is Cc1ccc(C(C)C)c(OC(C)C(=O)Nc2c(C(=O)c3ccccc3)oc3ccccc23)c1. The van der Waals surface area contributed by atoms with Gasteiger partial charge in [0, 0.05) is 10.9 Å². The molecule has 5 nitrogen and oxygen atoms in total. The van der Waals surface area contributed by atoms with Crippen molar-refractivity contribution in [2.24, 2.45) is 0 Å². The molecule has 4 aromatic rings. The van der Waals surface area contributed by atoms with E-state index in [2.05, 4.69) is 19.2 Å². The molecule has 0 saturated heterocycles. The summed E-state index contributed by atoms with van der Waals surface area (Å²) >= 11 is 0. The Hall–Kier alpha value is -3.86. The lowest BCUT2D eigenvalue weighted by molar-refractivity contribution is -0.122. The number of benzene rings is 3. The van der Waals surface area contributed by atoms with Gasteiger partial charge in [-0.3, -0.25) is 9.59 Å². The van der Waals surface area contributed by atoms with Gasteiger partial charge < -0.3 is 14.5 Å². The lowest BCUT2D eigenvalue weighted by atomic mass is 10.0. The number of nitrogens with one attached hydrogen (secondary N) is 1. The number of anilines is 1. The standard InChI is InChI=1S/C28H27NO4/c1-17(2)21-15-14-18(3)16-24(21)32-19(4)28(31)29-25-22-12-8-9-13-23(22)33-27(25)26(30)20-10-6-5-7-11-20/h5-17,19H,1-4H3,(H,29,31). The number of fused-ring (bicyclic) bond motifs is 1. The minimum atomic E-state index is -0.780.